The minimum atomic E-state index is -0.474. The molecule has 0 amide bonds. The molecule has 94 valence electrons. The van der Waals surface area contributed by atoms with Crippen molar-refractivity contribution >= 4 is 11.8 Å². The molecule has 0 aliphatic heterocycles. The lowest BCUT2D eigenvalue weighted by Crippen LogP contribution is -2.16. The van der Waals surface area contributed by atoms with Gasteiger partial charge in [0.1, 0.15) is 13.0 Å². The van der Waals surface area contributed by atoms with Crippen molar-refractivity contribution in [3.05, 3.63) is 0 Å². The molecule has 0 aromatic heterocycles. The van der Waals surface area contributed by atoms with E-state index in [4.69, 9.17) is 4.74 Å². The first-order valence-electron chi connectivity index (χ1n) is 5.81. The van der Waals surface area contributed by atoms with Crippen LogP contribution in [-0.2, 0) is 19.1 Å². The number of rotatable bonds is 9. The molecule has 0 bridgehead atoms. The number of hydrogen-bond donors (Lipinski definition) is 0. The Balaban J connectivity index is 3.40. The van der Waals surface area contributed by atoms with Crippen LogP contribution >= 0.6 is 0 Å². The van der Waals surface area contributed by atoms with Crippen molar-refractivity contribution in [2.75, 3.05) is 19.8 Å². The number of carbonyl (C=O) groups excluding carboxylic acids is 2. The van der Waals surface area contributed by atoms with Crippen LogP contribution in [0, 0.1) is 5.92 Å². The summed E-state index contributed by atoms with van der Waals surface area (Å²) < 4.78 is 9.82. The third-order valence-electron chi connectivity index (χ3n) is 1.98. The Kier molecular flexibility index (Phi) is 8.81. The molecular weight excluding hydrogens is 208 g/mol. The fourth-order valence-corrected chi connectivity index (χ4v) is 1.20. The second-order valence-corrected chi connectivity index (χ2v) is 4.11. The van der Waals surface area contributed by atoms with Gasteiger partial charge in [-0.2, -0.15) is 0 Å². The Hall–Kier alpha value is -0.900. The van der Waals surface area contributed by atoms with E-state index in [9.17, 15) is 9.59 Å². The van der Waals surface area contributed by atoms with Gasteiger partial charge in [0.05, 0.1) is 6.61 Å². The zero-order chi connectivity index (χ0) is 12.4. The van der Waals surface area contributed by atoms with Crippen LogP contribution in [0.4, 0.5) is 0 Å². The molecule has 0 saturated carbocycles. The van der Waals surface area contributed by atoms with Gasteiger partial charge in [-0.25, -0.2) is 0 Å². The van der Waals surface area contributed by atoms with E-state index in [1.165, 1.54) is 0 Å². The molecule has 0 radical (unpaired) electrons. The van der Waals surface area contributed by atoms with E-state index in [2.05, 4.69) is 18.6 Å². The summed E-state index contributed by atoms with van der Waals surface area (Å²) in [5.41, 5.74) is 0. The fourth-order valence-electron chi connectivity index (χ4n) is 1.20. The number of carbonyl (C=O) groups is 2. The van der Waals surface area contributed by atoms with Crippen LogP contribution in [-0.4, -0.2) is 31.6 Å². The lowest BCUT2D eigenvalue weighted by Gasteiger charge is -2.05. The lowest BCUT2D eigenvalue weighted by molar-refractivity contribution is -0.146. The zero-order valence-corrected chi connectivity index (χ0v) is 10.5. The molecule has 4 heteroatoms. The van der Waals surface area contributed by atoms with E-state index < -0.39 is 5.97 Å². The van der Waals surface area contributed by atoms with Gasteiger partial charge in [-0.05, 0) is 25.7 Å². The van der Waals surface area contributed by atoms with Crippen molar-refractivity contribution in [3.8, 4) is 0 Å². The smallest absolute Gasteiger partial charge is 0.313 e. The molecule has 0 atom stereocenters. The van der Waals surface area contributed by atoms with Crippen molar-refractivity contribution in [2.24, 2.45) is 5.92 Å². The van der Waals surface area contributed by atoms with Gasteiger partial charge in [-0.15, -0.1) is 0 Å². The highest BCUT2D eigenvalue weighted by Gasteiger charge is 2.09. The molecule has 0 aromatic rings. The summed E-state index contributed by atoms with van der Waals surface area (Å²) in [6, 6.07) is 0. The first-order chi connectivity index (χ1) is 7.56. The van der Waals surface area contributed by atoms with E-state index in [1.807, 2.05) is 0 Å². The number of ether oxygens (including phenoxy) is 2. The van der Waals surface area contributed by atoms with Crippen molar-refractivity contribution in [1.82, 2.24) is 0 Å². The predicted octanol–water partition coefficient (Wildman–Crippen LogP) is 1.96. The standard InChI is InChI=1S/C12H22O4/c1-4-16-12(14)8-11(13)9-15-7-5-6-10(2)3/h10H,4-9H2,1-3H3. The molecule has 0 rings (SSSR count). The number of hydrogen-bond acceptors (Lipinski definition) is 4. The molecular formula is C12H22O4. The van der Waals surface area contributed by atoms with Gasteiger partial charge in [0.25, 0.3) is 0 Å². The second kappa shape index (κ2) is 9.33. The molecule has 0 aliphatic rings. The van der Waals surface area contributed by atoms with Gasteiger partial charge in [0.15, 0.2) is 5.78 Å². The van der Waals surface area contributed by atoms with Crippen LogP contribution < -0.4 is 0 Å². The van der Waals surface area contributed by atoms with Crippen LogP contribution in [0.25, 0.3) is 0 Å². The summed E-state index contributed by atoms with van der Waals surface area (Å²) >= 11 is 0. The molecule has 0 N–H and O–H groups in total. The normalized spacial score (nSPS) is 10.5. The Morgan fingerprint density at radius 2 is 1.94 bits per heavy atom. The highest BCUT2D eigenvalue weighted by molar-refractivity contribution is 5.96. The maximum Gasteiger partial charge on any atom is 0.313 e. The Morgan fingerprint density at radius 3 is 2.50 bits per heavy atom. The summed E-state index contributed by atoms with van der Waals surface area (Å²) in [6.07, 6.45) is 1.86. The molecule has 0 fully saturated rings. The molecule has 0 aliphatic carbocycles. The third-order valence-corrected chi connectivity index (χ3v) is 1.98. The van der Waals surface area contributed by atoms with E-state index in [0.717, 1.165) is 12.8 Å². The molecule has 0 aromatic carbocycles. The first-order valence-corrected chi connectivity index (χ1v) is 5.81. The molecule has 0 spiro atoms. The van der Waals surface area contributed by atoms with Gasteiger partial charge >= 0.3 is 5.97 Å². The Bertz CT molecular complexity index is 211. The predicted molar refractivity (Wildman–Crippen MR) is 61.1 cm³/mol. The summed E-state index contributed by atoms with van der Waals surface area (Å²) in [5.74, 6) is -0.0416. The van der Waals surface area contributed by atoms with Crippen LogP contribution in [0.15, 0.2) is 0 Å². The topological polar surface area (TPSA) is 52.6 Å². The molecule has 0 heterocycles. The zero-order valence-electron chi connectivity index (χ0n) is 10.5. The van der Waals surface area contributed by atoms with Crippen LogP contribution in [0.2, 0.25) is 0 Å². The largest absolute Gasteiger partial charge is 0.466 e. The molecule has 16 heavy (non-hydrogen) atoms. The van der Waals surface area contributed by atoms with Gasteiger partial charge < -0.3 is 9.47 Å². The highest BCUT2D eigenvalue weighted by Crippen LogP contribution is 2.03. The summed E-state index contributed by atoms with van der Waals surface area (Å²) in [6.45, 7) is 6.90. The SMILES string of the molecule is CCOC(=O)CC(=O)COCCCC(C)C. The minimum Gasteiger partial charge on any atom is -0.466 e. The van der Waals surface area contributed by atoms with Crippen LogP contribution in [0.1, 0.15) is 40.0 Å². The average molecular weight is 230 g/mol. The minimum absolute atomic E-state index is 0.0108. The highest BCUT2D eigenvalue weighted by atomic mass is 16.5. The number of Topliss-reactive ketones (excluding diaryl/α,β-unsaturated/α-hetero) is 1. The van der Waals surface area contributed by atoms with Gasteiger partial charge in [-0.3, -0.25) is 9.59 Å². The number of ketones is 1. The van der Waals surface area contributed by atoms with E-state index >= 15 is 0 Å². The number of esters is 1. The molecule has 4 nitrogen and oxygen atoms in total. The second-order valence-electron chi connectivity index (χ2n) is 4.11. The third kappa shape index (κ3) is 9.65. The van der Waals surface area contributed by atoms with E-state index in [1.54, 1.807) is 6.92 Å². The van der Waals surface area contributed by atoms with Gasteiger partial charge in [0.2, 0.25) is 0 Å². The Labute approximate surface area is 97.3 Å². The van der Waals surface area contributed by atoms with Crippen molar-refractivity contribution in [2.45, 2.75) is 40.0 Å². The van der Waals surface area contributed by atoms with Gasteiger partial charge in [-0.1, -0.05) is 13.8 Å². The summed E-state index contributed by atoms with van der Waals surface area (Å²) in [4.78, 5) is 22.1. The van der Waals surface area contributed by atoms with Crippen LogP contribution in [0.5, 0.6) is 0 Å². The lowest BCUT2D eigenvalue weighted by atomic mass is 10.1. The summed E-state index contributed by atoms with van der Waals surface area (Å²) in [5, 5.41) is 0. The van der Waals surface area contributed by atoms with Crippen molar-refractivity contribution in [3.63, 3.8) is 0 Å². The Morgan fingerprint density at radius 1 is 1.25 bits per heavy atom. The van der Waals surface area contributed by atoms with Crippen molar-refractivity contribution < 1.29 is 19.1 Å². The summed E-state index contributed by atoms with van der Waals surface area (Å²) in [7, 11) is 0. The monoisotopic (exact) mass is 230 g/mol. The maximum absolute atomic E-state index is 11.2. The quantitative estimate of drug-likeness (QED) is 0.345. The molecule has 0 unspecified atom stereocenters. The average Bonchev–Trinajstić information content (AvgIpc) is 2.16. The maximum atomic E-state index is 11.2. The van der Waals surface area contributed by atoms with E-state index in [0.29, 0.717) is 19.1 Å². The fraction of sp³-hybridized carbons (Fsp3) is 0.833. The van der Waals surface area contributed by atoms with Crippen molar-refractivity contribution in [1.29, 1.82) is 0 Å². The first kappa shape index (κ1) is 15.1. The van der Waals surface area contributed by atoms with E-state index in [-0.39, 0.29) is 18.8 Å². The van der Waals surface area contributed by atoms with Crippen LogP contribution in [0.3, 0.4) is 0 Å². The molecule has 0 saturated heterocycles. The van der Waals surface area contributed by atoms with Gasteiger partial charge in [0, 0.05) is 6.61 Å².